The van der Waals surface area contributed by atoms with Gasteiger partial charge in [0.05, 0.1) is 26.4 Å². The minimum Gasteiger partial charge on any atom is -0.365 e. The van der Waals surface area contributed by atoms with Gasteiger partial charge in [0.2, 0.25) is 0 Å². The van der Waals surface area contributed by atoms with E-state index in [1.54, 1.807) is 0 Å². The average Bonchev–Trinajstić information content (AvgIpc) is 3.73. The summed E-state index contributed by atoms with van der Waals surface area (Å²) in [4.78, 5) is 0. The summed E-state index contributed by atoms with van der Waals surface area (Å²) in [5.41, 5.74) is 2.23. The van der Waals surface area contributed by atoms with Gasteiger partial charge >= 0.3 is 0 Å². The molecule has 0 aliphatic carbocycles. The first kappa shape index (κ1) is 19.8. The Morgan fingerprint density at radius 2 is 1.06 bits per heavy atom. The van der Waals surface area contributed by atoms with Crippen LogP contribution < -0.4 is 0 Å². The SMILES string of the molecule is c1ccc(CO[C@H]2OC[C@H](O[C@H]3CO[C@H](OCc4ccccc4)[C@@H]4O[C@@H]43)[C@@H]3O[C@H]23)cc1. The van der Waals surface area contributed by atoms with Gasteiger partial charge in [0.1, 0.15) is 36.6 Å². The summed E-state index contributed by atoms with van der Waals surface area (Å²) < 4.78 is 41.4. The summed E-state index contributed by atoms with van der Waals surface area (Å²) in [6.07, 6.45) is -1.14. The highest BCUT2D eigenvalue weighted by Crippen LogP contribution is 2.41. The van der Waals surface area contributed by atoms with Gasteiger partial charge in [0, 0.05) is 0 Å². The van der Waals surface area contributed by atoms with Gasteiger partial charge in [-0.25, -0.2) is 0 Å². The molecule has 8 atom stereocenters. The highest BCUT2D eigenvalue weighted by molar-refractivity contribution is 5.14. The van der Waals surface area contributed by atoms with Crippen LogP contribution in [0.5, 0.6) is 0 Å². The van der Waals surface area contributed by atoms with Gasteiger partial charge in [0.15, 0.2) is 12.6 Å². The molecule has 7 heteroatoms. The second kappa shape index (κ2) is 8.60. The van der Waals surface area contributed by atoms with Gasteiger partial charge in [-0.05, 0) is 11.1 Å². The summed E-state index contributed by atoms with van der Waals surface area (Å²) in [6.45, 7) is 1.87. The van der Waals surface area contributed by atoms with Crippen LogP contribution in [-0.4, -0.2) is 62.4 Å². The lowest BCUT2D eigenvalue weighted by Crippen LogP contribution is -2.46. The van der Waals surface area contributed by atoms with Gasteiger partial charge in [-0.1, -0.05) is 60.7 Å². The fourth-order valence-electron chi connectivity index (χ4n) is 4.32. The molecule has 0 aromatic heterocycles. The predicted molar refractivity (Wildman–Crippen MR) is 108 cm³/mol. The average molecular weight is 426 g/mol. The van der Waals surface area contributed by atoms with Crippen molar-refractivity contribution >= 4 is 0 Å². The molecule has 0 spiro atoms. The normalized spacial score (nSPS) is 38.2. The van der Waals surface area contributed by atoms with E-state index in [-0.39, 0.29) is 49.2 Å². The van der Waals surface area contributed by atoms with Crippen LogP contribution in [0, 0.1) is 0 Å². The largest absolute Gasteiger partial charge is 0.365 e. The summed E-state index contributed by atoms with van der Waals surface area (Å²) in [5.74, 6) is 0. The summed E-state index contributed by atoms with van der Waals surface area (Å²) in [7, 11) is 0. The van der Waals surface area contributed by atoms with E-state index in [1.807, 2.05) is 60.7 Å². The first-order valence-electron chi connectivity index (χ1n) is 10.9. The molecule has 164 valence electrons. The maximum absolute atomic E-state index is 6.25. The Balaban J connectivity index is 0.951. The van der Waals surface area contributed by atoms with Gasteiger partial charge in [-0.2, -0.15) is 0 Å². The van der Waals surface area contributed by atoms with Gasteiger partial charge in [0.25, 0.3) is 0 Å². The van der Waals surface area contributed by atoms with Gasteiger partial charge in [-0.3, -0.25) is 0 Å². The predicted octanol–water partition coefficient (Wildman–Crippen LogP) is 2.42. The number of epoxide rings is 2. The Hall–Kier alpha value is -1.84. The molecule has 4 saturated heterocycles. The molecule has 4 heterocycles. The molecule has 4 fully saturated rings. The number of fused-ring (bicyclic) bond motifs is 2. The third-order valence-electron chi connectivity index (χ3n) is 6.11. The fraction of sp³-hybridized carbons (Fsp3) is 0.500. The second-order valence-electron chi connectivity index (χ2n) is 8.34. The van der Waals surface area contributed by atoms with E-state index in [2.05, 4.69) is 0 Å². The molecular weight excluding hydrogens is 400 g/mol. The van der Waals surface area contributed by atoms with Crippen LogP contribution in [0.3, 0.4) is 0 Å². The first-order valence-corrected chi connectivity index (χ1v) is 10.9. The van der Waals surface area contributed by atoms with Crippen molar-refractivity contribution in [3.05, 3.63) is 71.8 Å². The molecule has 0 amide bonds. The Morgan fingerprint density at radius 3 is 1.52 bits per heavy atom. The van der Waals surface area contributed by atoms with Crippen LogP contribution in [0.1, 0.15) is 11.1 Å². The lowest BCUT2D eigenvalue weighted by molar-refractivity contribution is -0.216. The molecular formula is C24H26O7. The molecule has 4 aliphatic rings. The van der Waals surface area contributed by atoms with E-state index in [0.29, 0.717) is 26.4 Å². The van der Waals surface area contributed by atoms with E-state index in [0.717, 1.165) is 11.1 Å². The Kier molecular flexibility index (Phi) is 5.49. The zero-order chi connectivity index (χ0) is 20.6. The van der Waals surface area contributed by atoms with E-state index in [1.165, 1.54) is 0 Å². The van der Waals surface area contributed by atoms with Crippen molar-refractivity contribution < 1.29 is 33.2 Å². The minimum atomic E-state index is -0.353. The van der Waals surface area contributed by atoms with Crippen LogP contribution in [0.2, 0.25) is 0 Å². The number of ether oxygens (including phenoxy) is 7. The van der Waals surface area contributed by atoms with Crippen molar-refractivity contribution in [2.45, 2.75) is 62.4 Å². The molecule has 6 rings (SSSR count). The smallest absolute Gasteiger partial charge is 0.186 e. The standard InChI is InChI=1S/C24H26O7/c1-3-7-15(8-4-1)11-25-23-21-19(30-21)17(13-27-23)29-18-14-28-24(22-20(18)31-22)26-12-16-9-5-2-6-10-16/h1-10,17-24H,11-14H2/t17-,18-,19-,20+,21-,22+,23-,24-/m0/s1. The highest BCUT2D eigenvalue weighted by Gasteiger charge is 2.60. The number of hydrogen-bond donors (Lipinski definition) is 0. The van der Waals surface area contributed by atoms with Crippen LogP contribution in [0.25, 0.3) is 0 Å². The molecule has 7 nitrogen and oxygen atoms in total. The van der Waals surface area contributed by atoms with E-state index >= 15 is 0 Å². The number of benzene rings is 2. The zero-order valence-corrected chi connectivity index (χ0v) is 17.1. The van der Waals surface area contributed by atoms with Crippen LogP contribution >= 0.6 is 0 Å². The lowest BCUT2D eigenvalue weighted by atomic mass is 10.1. The minimum absolute atomic E-state index is 0.00113. The lowest BCUT2D eigenvalue weighted by Gasteiger charge is -2.31. The number of hydrogen-bond acceptors (Lipinski definition) is 7. The first-order chi connectivity index (χ1) is 15.3. The zero-order valence-electron chi connectivity index (χ0n) is 17.1. The molecule has 2 aromatic carbocycles. The van der Waals surface area contributed by atoms with Gasteiger partial charge < -0.3 is 33.2 Å². The summed E-state index contributed by atoms with van der Waals surface area (Å²) in [5, 5.41) is 0. The number of rotatable bonds is 8. The van der Waals surface area contributed by atoms with Crippen molar-refractivity contribution in [3.8, 4) is 0 Å². The van der Waals surface area contributed by atoms with E-state index in [4.69, 9.17) is 33.2 Å². The molecule has 0 unspecified atom stereocenters. The Morgan fingerprint density at radius 1 is 0.613 bits per heavy atom. The Labute approximate surface area is 181 Å². The third-order valence-corrected chi connectivity index (χ3v) is 6.11. The molecule has 0 bridgehead atoms. The molecule has 2 aromatic rings. The van der Waals surface area contributed by atoms with Crippen molar-refractivity contribution in [1.29, 1.82) is 0 Å². The molecule has 0 radical (unpaired) electrons. The van der Waals surface area contributed by atoms with Gasteiger partial charge in [-0.15, -0.1) is 0 Å². The van der Waals surface area contributed by atoms with Crippen molar-refractivity contribution in [3.63, 3.8) is 0 Å². The monoisotopic (exact) mass is 426 g/mol. The third kappa shape index (κ3) is 4.40. The molecule has 31 heavy (non-hydrogen) atoms. The Bertz CT molecular complexity index is 791. The van der Waals surface area contributed by atoms with Crippen LogP contribution in [0.15, 0.2) is 60.7 Å². The quantitative estimate of drug-likeness (QED) is 0.601. The van der Waals surface area contributed by atoms with Crippen molar-refractivity contribution in [2.24, 2.45) is 0 Å². The topological polar surface area (TPSA) is 71.2 Å². The maximum atomic E-state index is 6.25. The van der Waals surface area contributed by atoms with E-state index < -0.39 is 0 Å². The van der Waals surface area contributed by atoms with E-state index in [9.17, 15) is 0 Å². The highest BCUT2D eigenvalue weighted by atomic mass is 16.8. The summed E-state index contributed by atoms with van der Waals surface area (Å²) >= 11 is 0. The fourth-order valence-corrected chi connectivity index (χ4v) is 4.32. The molecule has 0 saturated carbocycles. The summed E-state index contributed by atoms with van der Waals surface area (Å²) in [6, 6.07) is 20.1. The van der Waals surface area contributed by atoms with Crippen LogP contribution in [0.4, 0.5) is 0 Å². The van der Waals surface area contributed by atoms with Crippen molar-refractivity contribution in [1.82, 2.24) is 0 Å². The van der Waals surface area contributed by atoms with Crippen molar-refractivity contribution in [2.75, 3.05) is 13.2 Å². The molecule has 4 aliphatic heterocycles. The maximum Gasteiger partial charge on any atom is 0.186 e. The second-order valence-corrected chi connectivity index (χ2v) is 8.34. The van der Waals surface area contributed by atoms with Crippen LogP contribution in [-0.2, 0) is 46.4 Å². The molecule has 0 N–H and O–H groups in total.